The summed E-state index contributed by atoms with van der Waals surface area (Å²) >= 11 is 0. The van der Waals surface area contributed by atoms with Gasteiger partial charge in [-0.3, -0.25) is 0 Å². The first kappa shape index (κ1) is 15.0. The van der Waals surface area contributed by atoms with E-state index in [2.05, 4.69) is 36.0 Å². The molecule has 0 amide bonds. The average Bonchev–Trinajstić information content (AvgIpc) is 2.41. The molecule has 0 aromatic heterocycles. The molecular formula is C16H27N3O. The third-order valence-corrected chi connectivity index (χ3v) is 4.00. The first-order valence-corrected chi connectivity index (χ1v) is 7.45. The molecule has 1 aromatic rings. The molecule has 20 heavy (non-hydrogen) atoms. The zero-order valence-electron chi connectivity index (χ0n) is 13.1. The Labute approximate surface area is 122 Å². The van der Waals surface area contributed by atoms with Crippen LogP contribution in [-0.4, -0.2) is 44.2 Å². The molecule has 4 nitrogen and oxygen atoms in total. The molecule has 0 radical (unpaired) electrons. The fourth-order valence-corrected chi connectivity index (χ4v) is 2.69. The van der Waals surface area contributed by atoms with Crippen molar-refractivity contribution in [2.75, 3.05) is 37.8 Å². The van der Waals surface area contributed by atoms with Crippen LogP contribution in [0.1, 0.15) is 26.7 Å². The summed E-state index contributed by atoms with van der Waals surface area (Å²) in [7, 11) is 4.36. The summed E-state index contributed by atoms with van der Waals surface area (Å²) in [5.74, 6) is 0.789. The minimum atomic E-state index is 0.140. The molecule has 1 aliphatic rings. The number of rotatable bonds is 4. The van der Waals surface area contributed by atoms with E-state index in [0.29, 0.717) is 11.7 Å². The lowest BCUT2D eigenvalue weighted by Gasteiger charge is -2.36. The van der Waals surface area contributed by atoms with Crippen molar-refractivity contribution in [2.24, 2.45) is 0 Å². The van der Waals surface area contributed by atoms with Crippen LogP contribution >= 0.6 is 0 Å². The van der Waals surface area contributed by atoms with E-state index in [0.717, 1.165) is 5.75 Å². The topological polar surface area (TPSA) is 41.7 Å². The van der Waals surface area contributed by atoms with Crippen LogP contribution < -0.4 is 15.4 Å². The van der Waals surface area contributed by atoms with Gasteiger partial charge in [-0.2, -0.15) is 0 Å². The zero-order chi connectivity index (χ0) is 14.7. The highest BCUT2D eigenvalue weighted by Crippen LogP contribution is 2.30. The minimum absolute atomic E-state index is 0.140. The maximum atomic E-state index is 5.98. The summed E-state index contributed by atoms with van der Waals surface area (Å²) in [4.78, 5) is 4.75. The predicted molar refractivity (Wildman–Crippen MR) is 85.5 cm³/mol. The molecule has 1 aromatic carbocycles. The lowest BCUT2D eigenvalue weighted by molar-refractivity contribution is 0.243. The van der Waals surface area contributed by atoms with Gasteiger partial charge in [-0.15, -0.1) is 0 Å². The molecule has 0 aliphatic carbocycles. The molecule has 4 heteroatoms. The summed E-state index contributed by atoms with van der Waals surface area (Å²) in [5, 5.41) is 0. The van der Waals surface area contributed by atoms with Crippen molar-refractivity contribution < 1.29 is 4.74 Å². The third-order valence-electron chi connectivity index (χ3n) is 4.00. The van der Waals surface area contributed by atoms with E-state index in [4.69, 9.17) is 10.5 Å². The predicted octanol–water partition coefficient (Wildman–Crippen LogP) is 2.59. The number of benzene rings is 1. The number of hydrogen-bond donors (Lipinski definition) is 1. The van der Waals surface area contributed by atoms with E-state index in [9.17, 15) is 0 Å². The van der Waals surface area contributed by atoms with Gasteiger partial charge in [-0.1, -0.05) is 0 Å². The Morgan fingerprint density at radius 2 is 1.95 bits per heavy atom. The molecular weight excluding hydrogens is 250 g/mol. The van der Waals surface area contributed by atoms with E-state index >= 15 is 0 Å². The summed E-state index contributed by atoms with van der Waals surface area (Å²) < 4.78 is 5.78. The van der Waals surface area contributed by atoms with Crippen LogP contribution in [-0.2, 0) is 0 Å². The van der Waals surface area contributed by atoms with Gasteiger partial charge in [0.2, 0.25) is 0 Å². The quantitative estimate of drug-likeness (QED) is 0.859. The molecule has 0 bridgehead atoms. The molecule has 112 valence electrons. The van der Waals surface area contributed by atoms with Crippen LogP contribution in [0, 0.1) is 0 Å². The minimum Gasteiger partial charge on any atom is -0.489 e. The second-order valence-corrected chi connectivity index (χ2v) is 6.03. The highest BCUT2D eigenvalue weighted by molar-refractivity contribution is 5.62. The van der Waals surface area contributed by atoms with E-state index in [-0.39, 0.29) is 6.10 Å². The van der Waals surface area contributed by atoms with Crippen LogP contribution in [0.2, 0.25) is 0 Å². The SMILES string of the molecule is CC(C)Oc1cc(N(C)C2CCN(C)CC2)ccc1N. The van der Waals surface area contributed by atoms with E-state index in [1.165, 1.54) is 31.6 Å². The summed E-state index contributed by atoms with van der Waals surface area (Å²) in [5.41, 5.74) is 7.88. The Bertz CT molecular complexity index is 439. The van der Waals surface area contributed by atoms with Crippen molar-refractivity contribution in [3.8, 4) is 5.75 Å². The van der Waals surface area contributed by atoms with Crippen molar-refractivity contribution in [3.63, 3.8) is 0 Å². The Hall–Kier alpha value is -1.42. The van der Waals surface area contributed by atoms with Gasteiger partial charge in [-0.25, -0.2) is 0 Å². The second kappa shape index (κ2) is 6.35. The van der Waals surface area contributed by atoms with Gasteiger partial charge >= 0.3 is 0 Å². The van der Waals surface area contributed by atoms with E-state index < -0.39 is 0 Å². The Kier molecular flexibility index (Phi) is 4.76. The Morgan fingerprint density at radius 3 is 2.55 bits per heavy atom. The molecule has 0 atom stereocenters. The second-order valence-electron chi connectivity index (χ2n) is 6.03. The largest absolute Gasteiger partial charge is 0.489 e. The number of ether oxygens (including phenoxy) is 1. The lowest BCUT2D eigenvalue weighted by Crippen LogP contribution is -2.42. The van der Waals surface area contributed by atoms with Crippen molar-refractivity contribution >= 4 is 11.4 Å². The summed E-state index contributed by atoms with van der Waals surface area (Å²) in [6, 6.07) is 6.69. The fraction of sp³-hybridized carbons (Fsp3) is 0.625. The third kappa shape index (κ3) is 3.57. The van der Waals surface area contributed by atoms with Crippen LogP contribution in [0.5, 0.6) is 5.75 Å². The maximum Gasteiger partial charge on any atom is 0.144 e. The number of piperidine rings is 1. The van der Waals surface area contributed by atoms with Gasteiger partial charge in [0, 0.05) is 24.8 Å². The van der Waals surface area contributed by atoms with E-state index in [1.54, 1.807) is 0 Å². The molecule has 1 saturated heterocycles. The first-order valence-electron chi connectivity index (χ1n) is 7.45. The Morgan fingerprint density at radius 1 is 1.30 bits per heavy atom. The number of anilines is 2. The Balaban J connectivity index is 2.11. The number of nitrogens with zero attached hydrogens (tertiary/aromatic N) is 2. The molecule has 1 aliphatic heterocycles. The average molecular weight is 277 g/mol. The van der Waals surface area contributed by atoms with Gasteiger partial charge in [0.05, 0.1) is 11.8 Å². The fourth-order valence-electron chi connectivity index (χ4n) is 2.69. The monoisotopic (exact) mass is 277 g/mol. The number of nitrogen functional groups attached to an aromatic ring is 1. The normalized spacial score (nSPS) is 17.4. The summed E-state index contributed by atoms with van der Waals surface area (Å²) in [6.07, 6.45) is 2.55. The maximum absolute atomic E-state index is 5.98. The molecule has 2 rings (SSSR count). The highest BCUT2D eigenvalue weighted by atomic mass is 16.5. The smallest absolute Gasteiger partial charge is 0.144 e. The first-order chi connectivity index (χ1) is 9.47. The molecule has 0 unspecified atom stereocenters. The van der Waals surface area contributed by atoms with Crippen LogP contribution in [0.3, 0.4) is 0 Å². The van der Waals surface area contributed by atoms with Gasteiger partial charge in [0.1, 0.15) is 5.75 Å². The lowest BCUT2D eigenvalue weighted by atomic mass is 10.0. The van der Waals surface area contributed by atoms with Gasteiger partial charge in [0.25, 0.3) is 0 Å². The van der Waals surface area contributed by atoms with Crippen molar-refractivity contribution in [3.05, 3.63) is 18.2 Å². The van der Waals surface area contributed by atoms with Gasteiger partial charge < -0.3 is 20.3 Å². The molecule has 0 saturated carbocycles. The standard InChI is InChI=1S/C16H27N3O/c1-12(2)20-16-11-14(5-6-15(16)17)19(4)13-7-9-18(3)10-8-13/h5-6,11-13H,7-10,17H2,1-4H3. The van der Waals surface area contributed by atoms with Crippen molar-refractivity contribution in [2.45, 2.75) is 38.8 Å². The highest BCUT2D eigenvalue weighted by Gasteiger charge is 2.21. The molecule has 2 N–H and O–H groups in total. The number of hydrogen-bond acceptors (Lipinski definition) is 4. The van der Waals surface area contributed by atoms with Crippen molar-refractivity contribution in [1.29, 1.82) is 0 Å². The van der Waals surface area contributed by atoms with Crippen LogP contribution in [0.4, 0.5) is 11.4 Å². The molecule has 1 heterocycles. The summed E-state index contributed by atoms with van der Waals surface area (Å²) in [6.45, 7) is 6.37. The number of likely N-dealkylation sites (tertiary alicyclic amines) is 1. The molecule has 0 spiro atoms. The van der Waals surface area contributed by atoms with Crippen LogP contribution in [0.15, 0.2) is 18.2 Å². The molecule has 1 fully saturated rings. The van der Waals surface area contributed by atoms with Gasteiger partial charge in [-0.05, 0) is 59.0 Å². The number of nitrogens with two attached hydrogens (primary N) is 1. The van der Waals surface area contributed by atoms with Crippen LogP contribution in [0.25, 0.3) is 0 Å². The van der Waals surface area contributed by atoms with E-state index in [1.807, 2.05) is 19.9 Å². The zero-order valence-corrected chi connectivity index (χ0v) is 13.1. The van der Waals surface area contributed by atoms with Gasteiger partial charge in [0.15, 0.2) is 0 Å². The van der Waals surface area contributed by atoms with Crippen molar-refractivity contribution in [1.82, 2.24) is 4.90 Å².